The SMILES string of the molecule is COc1ccccc1-c1cccc([C@@H]2CCCN(C(=O)C3(c4ccccc4)CCOCC3)C2)n1. The highest BCUT2D eigenvalue weighted by Crippen LogP contribution is 2.39. The molecule has 3 heterocycles. The van der Waals surface area contributed by atoms with Crippen LogP contribution in [0.3, 0.4) is 0 Å². The predicted octanol–water partition coefficient (Wildman–Crippen LogP) is 5.21. The Bertz CT molecular complexity index is 1120. The average molecular weight is 457 g/mol. The molecule has 5 heteroatoms. The number of rotatable bonds is 5. The number of hydrogen-bond donors (Lipinski definition) is 0. The molecule has 5 rings (SSSR count). The van der Waals surface area contributed by atoms with Crippen molar-refractivity contribution in [2.24, 2.45) is 0 Å². The minimum Gasteiger partial charge on any atom is -0.496 e. The Morgan fingerprint density at radius 2 is 1.76 bits per heavy atom. The first-order valence-corrected chi connectivity index (χ1v) is 12.2. The van der Waals surface area contributed by atoms with Crippen LogP contribution in [0.25, 0.3) is 11.3 Å². The number of aromatic nitrogens is 1. The zero-order chi connectivity index (χ0) is 23.4. The molecule has 0 radical (unpaired) electrons. The van der Waals surface area contributed by atoms with Crippen LogP contribution in [0.1, 0.15) is 42.9 Å². The van der Waals surface area contributed by atoms with Gasteiger partial charge in [0.05, 0.1) is 18.2 Å². The summed E-state index contributed by atoms with van der Waals surface area (Å²) >= 11 is 0. The molecule has 3 aromatic rings. The summed E-state index contributed by atoms with van der Waals surface area (Å²) in [6, 6.07) is 24.4. The highest BCUT2D eigenvalue weighted by molar-refractivity contribution is 5.88. The Balaban J connectivity index is 1.40. The summed E-state index contributed by atoms with van der Waals surface area (Å²) in [6.07, 6.45) is 3.49. The van der Waals surface area contributed by atoms with E-state index < -0.39 is 5.41 Å². The highest BCUT2D eigenvalue weighted by Gasteiger charge is 2.45. The molecule has 1 atom stereocenters. The molecule has 5 nitrogen and oxygen atoms in total. The van der Waals surface area contributed by atoms with E-state index in [1.165, 1.54) is 0 Å². The summed E-state index contributed by atoms with van der Waals surface area (Å²) in [4.78, 5) is 21.2. The number of para-hydroxylation sites is 1. The first kappa shape index (κ1) is 22.6. The lowest BCUT2D eigenvalue weighted by Crippen LogP contribution is -2.52. The van der Waals surface area contributed by atoms with Gasteiger partial charge in [-0.05, 0) is 55.5 Å². The number of amides is 1. The van der Waals surface area contributed by atoms with Crippen molar-refractivity contribution >= 4 is 5.91 Å². The average Bonchev–Trinajstić information content (AvgIpc) is 2.93. The molecule has 0 bridgehead atoms. The van der Waals surface area contributed by atoms with Gasteiger partial charge in [0, 0.05) is 43.5 Å². The van der Waals surface area contributed by atoms with Crippen LogP contribution in [0.15, 0.2) is 72.8 Å². The Labute approximate surface area is 201 Å². The summed E-state index contributed by atoms with van der Waals surface area (Å²) in [5, 5.41) is 0. The molecule has 0 unspecified atom stereocenters. The molecule has 2 fully saturated rings. The van der Waals surface area contributed by atoms with Crippen LogP contribution in [-0.4, -0.2) is 49.2 Å². The lowest BCUT2D eigenvalue weighted by molar-refractivity contribution is -0.142. The van der Waals surface area contributed by atoms with Gasteiger partial charge in [-0.1, -0.05) is 48.5 Å². The van der Waals surface area contributed by atoms with Crippen LogP contribution in [0.4, 0.5) is 0 Å². The van der Waals surface area contributed by atoms with Gasteiger partial charge in [-0.25, -0.2) is 0 Å². The number of carbonyl (C=O) groups excluding carboxylic acids is 1. The number of methoxy groups -OCH3 is 1. The Hall–Kier alpha value is -3.18. The van der Waals surface area contributed by atoms with Crippen molar-refractivity contribution in [2.45, 2.75) is 37.0 Å². The number of piperidine rings is 1. The molecule has 34 heavy (non-hydrogen) atoms. The summed E-state index contributed by atoms with van der Waals surface area (Å²) in [5.74, 6) is 1.28. The minimum atomic E-state index is -0.492. The van der Waals surface area contributed by atoms with Crippen LogP contribution in [-0.2, 0) is 14.9 Å². The molecule has 0 saturated carbocycles. The second-order valence-corrected chi connectivity index (χ2v) is 9.30. The van der Waals surface area contributed by atoms with E-state index in [0.717, 1.165) is 60.5 Å². The summed E-state index contributed by atoms with van der Waals surface area (Å²) < 4.78 is 11.2. The molecule has 0 N–H and O–H groups in total. The van der Waals surface area contributed by atoms with E-state index in [9.17, 15) is 4.79 Å². The van der Waals surface area contributed by atoms with E-state index in [1.807, 2.05) is 48.5 Å². The Morgan fingerprint density at radius 3 is 2.56 bits per heavy atom. The molecule has 1 aromatic heterocycles. The normalized spacial score (nSPS) is 20.0. The van der Waals surface area contributed by atoms with Gasteiger partial charge in [0.1, 0.15) is 5.75 Å². The van der Waals surface area contributed by atoms with Crippen molar-refractivity contribution < 1.29 is 14.3 Å². The number of likely N-dealkylation sites (tertiary alicyclic amines) is 1. The fraction of sp³-hybridized carbons (Fsp3) is 0.379. The van der Waals surface area contributed by atoms with Gasteiger partial charge in [0.2, 0.25) is 5.91 Å². The summed E-state index contributed by atoms with van der Waals surface area (Å²) in [7, 11) is 1.69. The van der Waals surface area contributed by atoms with Crippen molar-refractivity contribution in [3.8, 4) is 17.0 Å². The lowest BCUT2D eigenvalue weighted by atomic mass is 9.72. The van der Waals surface area contributed by atoms with Crippen LogP contribution in [0.2, 0.25) is 0 Å². The monoisotopic (exact) mass is 456 g/mol. The van der Waals surface area contributed by atoms with Crippen molar-refractivity contribution in [3.05, 3.63) is 84.1 Å². The van der Waals surface area contributed by atoms with Gasteiger partial charge in [-0.3, -0.25) is 9.78 Å². The molecular formula is C29H32N2O3. The van der Waals surface area contributed by atoms with Crippen LogP contribution < -0.4 is 4.74 Å². The molecule has 2 aliphatic heterocycles. The van der Waals surface area contributed by atoms with E-state index >= 15 is 0 Å². The molecule has 2 aliphatic rings. The van der Waals surface area contributed by atoms with Crippen LogP contribution in [0.5, 0.6) is 5.75 Å². The maximum Gasteiger partial charge on any atom is 0.233 e. The largest absolute Gasteiger partial charge is 0.496 e. The maximum absolute atomic E-state index is 14.1. The van der Waals surface area contributed by atoms with Gasteiger partial charge in [-0.2, -0.15) is 0 Å². The van der Waals surface area contributed by atoms with Gasteiger partial charge < -0.3 is 14.4 Å². The second-order valence-electron chi connectivity index (χ2n) is 9.30. The fourth-order valence-electron chi connectivity index (χ4n) is 5.49. The van der Waals surface area contributed by atoms with E-state index in [4.69, 9.17) is 14.5 Å². The topological polar surface area (TPSA) is 51.7 Å². The first-order chi connectivity index (χ1) is 16.7. The molecule has 0 aliphatic carbocycles. The standard InChI is InChI=1S/C29H32N2O3/c1-33-27-15-6-5-12-24(27)26-14-7-13-25(30-26)22-9-8-18-31(21-22)28(32)29(16-19-34-20-17-29)23-10-3-2-4-11-23/h2-7,10-15,22H,8-9,16-21H2,1H3/t22-/m1/s1. The Morgan fingerprint density at radius 1 is 1.00 bits per heavy atom. The van der Waals surface area contributed by atoms with Crippen molar-refractivity contribution in [1.29, 1.82) is 0 Å². The maximum atomic E-state index is 14.1. The van der Waals surface area contributed by atoms with E-state index in [0.29, 0.717) is 19.8 Å². The van der Waals surface area contributed by atoms with Gasteiger partial charge in [0.25, 0.3) is 0 Å². The van der Waals surface area contributed by atoms with Crippen LogP contribution in [0, 0.1) is 0 Å². The van der Waals surface area contributed by atoms with E-state index in [-0.39, 0.29) is 11.8 Å². The molecule has 0 spiro atoms. The smallest absolute Gasteiger partial charge is 0.233 e. The van der Waals surface area contributed by atoms with Crippen LogP contribution >= 0.6 is 0 Å². The van der Waals surface area contributed by atoms with Gasteiger partial charge in [0.15, 0.2) is 0 Å². The minimum absolute atomic E-state index is 0.222. The first-order valence-electron chi connectivity index (χ1n) is 12.2. The third kappa shape index (κ3) is 4.32. The van der Waals surface area contributed by atoms with E-state index in [2.05, 4.69) is 29.2 Å². The third-order valence-electron chi connectivity index (χ3n) is 7.36. The molecule has 176 valence electrons. The highest BCUT2D eigenvalue weighted by atomic mass is 16.5. The fourth-order valence-corrected chi connectivity index (χ4v) is 5.49. The molecule has 1 amide bonds. The zero-order valence-corrected chi connectivity index (χ0v) is 19.8. The summed E-state index contributed by atoms with van der Waals surface area (Å²) in [6.45, 7) is 2.76. The predicted molar refractivity (Wildman–Crippen MR) is 133 cm³/mol. The number of hydrogen-bond acceptors (Lipinski definition) is 4. The molecular weight excluding hydrogens is 424 g/mol. The second kappa shape index (κ2) is 9.98. The number of nitrogens with zero attached hydrogens (tertiary/aromatic N) is 2. The van der Waals surface area contributed by atoms with Gasteiger partial charge in [-0.15, -0.1) is 0 Å². The lowest BCUT2D eigenvalue weighted by Gasteiger charge is -2.42. The number of pyridine rings is 1. The summed E-state index contributed by atoms with van der Waals surface area (Å²) in [5.41, 5.74) is 3.56. The quantitative estimate of drug-likeness (QED) is 0.529. The molecule has 2 saturated heterocycles. The zero-order valence-electron chi connectivity index (χ0n) is 19.8. The number of ether oxygens (including phenoxy) is 2. The Kier molecular flexibility index (Phi) is 6.63. The van der Waals surface area contributed by atoms with Crippen molar-refractivity contribution in [2.75, 3.05) is 33.4 Å². The van der Waals surface area contributed by atoms with Crippen molar-refractivity contribution in [3.63, 3.8) is 0 Å². The number of carbonyl (C=O) groups is 1. The number of benzene rings is 2. The van der Waals surface area contributed by atoms with Gasteiger partial charge >= 0.3 is 0 Å². The molecule has 2 aromatic carbocycles. The van der Waals surface area contributed by atoms with E-state index in [1.54, 1.807) is 7.11 Å². The van der Waals surface area contributed by atoms with Crippen molar-refractivity contribution in [1.82, 2.24) is 9.88 Å². The third-order valence-corrected chi connectivity index (χ3v) is 7.36.